The zero-order valence-electron chi connectivity index (χ0n) is 15.3. The minimum Gasteiger partial charge on any atom is -0.497 e. The maximum Gasteiger partial charge on any atom is 0.271 e. The van der Waals surface area contributed by atoms with Gasteiger partial charge in [-0.2, -0.15) is 5.10 Å². The summed E-state index contributed by atoms with van der Waals surface area (Å²) in [6.45, 7) is 0.424. The summed E-state index contributed by atoms with van der Waals surface area (Å²) < 4.78 is 10.9. The maximum atomic E-state index is 12.2. The van der Waals surface area contributed by atoms with Crippen molar-refractivity contribution in [3.8, 4) is 11.5 Å². The first kappa shape index (κ1) is 19.5. The topological polar surface area (TPSA) is 59.9 Å². The van der Waals surface area contributed by atoms with Crippen LogP contribution < -0.4 is 14.9 Å². The van der Waals surface area contributed by atoms with Gasteiger partial charge in [0.25, 0.3) is 5.91 Å². The molecule has 3 aromatic rings. The summed E-state index contributed by atoms with van der Waals surface area (Å²) in [4.78, 5) is 12.2. The monoisotopic (exact) mass is 394 g/mol. The Morgan fingerprint density at radius 3 is 2.50 bits per heavy atom. The van der Waals surface area contributed by atoms with Crippen LogP contribution in [0.15, 0.2) is 77.9 Å². The Hall–Kier alpha value is -3.31. The number of nitrogens with one attached hydrogen (secondary N) is 1. The molecule has 3 rings (SSSR count). The fraction of sp³-hybridized carbons (Fsp3) is 0.0909. The maximum absolute atomic E-state index is 12.2. The normalized spacial score (nSPS) is 10.6. The molecule has 6 heteroatoms. The lowest BCUT2D eigenvalue weighted by molar-refractivity contribution is 0.0955. The largest absolute Gasteiger partial charge is 0.497 e. The van der Waals surface area contributed by atoms with Crippen LogP contribution in [0.2, 0.25) is 5.02 Å². The second kappa shape index (κ2) is 9.58. The van der Waals surface area contributed by atoms with Crippen molar-refractivity contribution in [1.82, 2.24) is 5.43 Å². The summed E-state index contributed by atoms with van der Waals surface area (Å²) in [5.41, 5.74) is 4.83. The van der Waals surface area contributed by atoms with E-state index in [0.717, 1.165) is 16.9 Å². The van der Waals surface area contributed by atoms with Gasteiger partial charge in [-0.1, -0.05) is 35.9 Å². The first-order chi connectivity index (χ1) is 13.6. The number of carbonyl (C=O) groups is 1. The molecular formula is C22H19ClN2O3. The number of amides is 1. The Morgan fingerprint density at radius 1 is 1.04 bits per heavy atom. The fourth-order valence-corrected chi connectivity index (χ4v) is 2.53. The lowest BCUT2D eigenvalue weighted by Gasteiger charge is -2.07. The van der Waals surface area contributed by atoms with Crippen LogP contribution in [-0.2, 0) is 6.61 Å². The Morgan fingerprint density at radius 2 is 1.79 bits per heavy atom. The highest BCUT2D eigenvalue weighted by Crippen LogP contribution is 2.16. The fourth-order valence-electron chi connectivity index (χ4n) is 2.40. The molecule has 0 fully saturated rings. The van der Waals surface area contributed by atoms with Crippen LogP contribution in [-0.4, -0.2) is 19.2 Å². The minimum absolute atomic E-state index is 0.302. The Bertz CT molecular complexity index is 954. The standard InChI is InChI=1S/C22H19ClN2O3/c1-27-21-4-2-3-17(13-21)14-24-25-22(26)18-7-11-20(12-8-18)28-15-16-5-9-19(23)10-6-16/h2-14H,15H2,1H3,(H,25,26)/b24-14+. The molecular weight excluding hydrogens is 376 g/mol. The van der Waals surface area contributed by atoms with Gasteiger partial charge < -0.3 is 9.47 Å². The van der Waals surface area contributed by atoms with Gasteiger partial charge in [0.05, 0.1) is 13.3 Å². The average Bonchev–Trinajstić information content (AvgIpc) is 2.74. The van der Waals surface area contributed by atoms with Crippen molar-refractivity contribution in [3.63, 3.8) is 0 Å². The summed E-state index contributed by atoms with van der Waals surface area (Å²) in [6.07, 6.45) is 1.56. The molecule has 0 saturated carbocycles. The minimum atomic E-state index is -0.302. The van der Waals surface area contributed by atoms with Gasteiger partial charge in [-0.05, 0) is 59.7 Å². The van der Waals surface area contributed by atoms with E-state index in [4.69, 9.17) is 21.1 Å². The van der Waals surface area contributed by atoms with E-state index in [1.54, 1.807) is 37.6 Å². The number of carbonyl (C=O) groups excluding carboxylic acids is 1. The Balaban J connectivity index is 1.52. The smallest absolute Gasteiger partial charge is 0.271 e. The van der Waals surface area contributed by atoms with Crippen molar-refractivity contribution >= 4 is 23.7 Å². The van der Waals surface area contributed by atoms with Gasteiger partial charge in [-0.15, -0.1) is 0 Å². The van der Waals surface area contributed by atoms with Crippen LogP contribution in [0, 0.1) is 0 Å². The van der Waals surface area contributed by atoms with E-state index in [-0.39, 0.29) is 5.91 Å². The molecule has 0 aliphatic rings. The number of halogens is 1. The van der Waals surface area contributed by atoms with Gasteiger partial charge >= 0.3 is 0 Å². The van der Waals surface area contributed by atoms with E-state index in [1.165, 1.54) is 0 Å². The molecule has 0 spiro atoms. The number of methoxy groups -OCH3 is 1. The van der Waals surface area contributed by atoms with E-state index in [2.05, 4.69) is 10.5 Å². The molecule has 0 unspecified atom stereocenters. The summed E-state index contributed by atoms with van der Waals surface area (Å²) in [7, 11) is 1.60. The highest BCUT2D eigenvalue weighted by atomic mass is 35.5. The third kappa shape index (κ3) is 5.59. The van der Waals surface area contributed by atoms with Gasteiger partial charge in [0.15, 0.2) is 0 Å². The SMILES string of the molecule is COc1cccc(/C=N/NC(=O)c2ccc(OCc3ccc(Cl)cc3)cc2)c1. The molecule has 0 atom stereocenters. The summed E-state index contributed by atoms with van der Waals surface area (Å²) in [6, 6.07) is 21.7. The molecule has 28 heavy (non-hydrogen) atoms. The van der Waals surface area contributed by atoms with Crippen LogP contribution >= 0.6 is 11.6 Å². The van der Waals surface area contributed by atoms with Crippen LogP contribution in [0.4, 0.5) is 0 Å². The molecule has 142 valence electrons. The zero-order valence-corrected chi connectivity index (χ0v) is 16.0. The van der Waals surface area contributed by atoms with E-state index in [0.29, 0.717) is 22.9 Å². The molecule has 0 aliphatic heterocycles. The van der Waals surface area contributed by atoms with Gasteiger partial charge in [-0.3, -0.25) is 4.79 Å². The Labute approximate surface area is 168 Å². The number of hydrogen-bond donors (Lipinski definition) is 1. The predicted molar refractivity (Wildman–Crippen MR) is 110 cm³/mol. The second-order valence-corrected chi connectivity index (χ2v) is 6.35. The van der Waals surface area contributed by atoms with Crippen molar-refractivity contribution < 1.29 is 14.3 Å². The molecule has 1 N–H and O–H groups in total. The third-order valence-electron chi connectivity index (χ3n) is 3.91. The first-order valence-electron chi connectivity index (χ1n) is 8.59. The number of hydrazone groups is 1. The van der Waals surface area contributed by atoms with Crippen molar-refractivity contribution in [1.29, 1.82) is 0 Å². The molecule has 0 bridgehead atoms. The molecule has 0 aromatic heterocycles. The van der Waals surface area contributed by atoms with Gasteiger partial charge in [0.1, 0.15) is 18.1 Å². The lowest BCUT2D eigenvalue weighted by atomic mass is 10.2. The number of benzene rings is 3. The lowest BCUT2D eigenvalue weighted by Crippen LogP contribution is -2.17. The molecule has 0 aliphatic carbocycles. The van der Waals surface area contributed by atoms with Crippen molar-refractivity contribution in [2.45, 2.75) is 6.61 Å². The van der Waals surface area contributed by atoms with E-state index >= 15 is 0 Å². The highest BCUT2D eigenvalue weighted by molar-refractivity contribution is 6.30. The van der Waals surface area contributed by atoms with Crippen LogP contribution in [0.3, 0.4) is 0 Å². The van der Waals surface area contributed by atoms with E-state index in [9.17, 15) is 4.79 Å². The molecule has 0 saturated heterocycles. The van der Waals surface area contributed by atoms with E-state index < -0.39 is 0 Å². The van der Waals surface area contributed by atoms with Gasteiger partial charge in [0, 0.05) is 10.6 Å². The van der Waals surface area contributed by atoms with Crippen LogP contribution in [0.25, 0.3) is 0 Å². The van der Waals surface area contributed by atoms with Crippen molar-refractivity contribution in [2.24, 2.45) is 5.10 Å². The highest BCUT2D eigenvalue weighted by Gasteiger charge is 2.05. The van der Waals surface area contributed by atoms with Crippen LogP contribution in [0.5, 0.6) is 11.5 Å². The third-order valence-corrected chi connectivity index (χ3v) is 4.16. The summed E-state index contributed by atoms with van der Waals surface area (Å²) in [5, 5.41) is 4.66. The quantitative estimate of drug-likeness (QED) is 0.467. The first-order valence-corrected chi connectivity index (χ1v) is 8.96. The number of nitrogens with zero attached hydrogens (tertiary/aromatic N) is 1. The van der Waals surface area contributed by atoms with Gasteiger partial charge in [0.2, 0.25) is 0 Å². The summed E-state index contributed by atoms with van der Waals surface area (Å²) >= 11 is 5.87. The van der Waals surface area contributed by atoms with Crippen molar-refractivity contribution in [2.75, 3.05) is 7.11 Å². The van der Waals surface area contributed by atoms with Crippen LogP contribution in [0.1, 0.15) is 21.5 Å². The summed E-state index contributed by atoms with van der Waals surface area (Å²) in [5.74, 6) is 1.10. The molecule has 5 nitrogen and oxygen atoms in total. The molecule has 3 aromatic carbocycles. The number of hydrogen-bond acceptors (Lipinski definition) is 4. The Kier molecular flexibility index (Phi) is 6.65. The second-order valence-electron chi connectivity index (χ2n) is 5.92. The number of ether oxygens (including phenoxy) is 2. The molecule has 0 radical (unpaired) electrons. The average molecular weight is 395 g/mol. The van der Waals surface area contributed by atoms with E-state index in [1.807, 2.05) is 48.5 Å². The molecule has 1 amide bonds. The number of rotatable bonds is 7. The predicted octanol–water partition coefficient (Wildman–Crippen LogP) is 4.69. The van der Waals surface area contributed by atoms with Gasteiger partial charge in [-0.25, -0.2) is 5.43 Å². The molecule has 0 heterocycles. The zero-order chi connectivity index (χ0) is 19.8. The van der Waals surface area contributed by atoms with Crippen molar-refractivity contribution in [3.05, 3.63) is 94.5 Å².